The Kier molecular flexibility index (Phi) is 6.69. The third kappa shape index (κ3) is 5.38. The first kappa shape index (κ1) is 15.5. The van der Waals surface area contributed by atoms with Crippen LogP contribution >= 0.6 is 0 Å². The van der Waals surface area contributed by atoms with Gasteiger partial charge < -0.3 is 10.0 Å². The van der Waals surface area contributed by atoms with Crippen LogP contribution in [-0.2, 0) is 4.79 Å². The van der Waals surface area contributed by atoms with E-state index in [1.807, 2.05) is 7.05 Å². The lowest BCUT2D eigenvalue weighted by atomic mass is 9.83. The highest BCUT2D eigenvalue weighted by Gasteiger charge is 2.22. The Morgan fingerprint density at radius 1 is 1.28 bits per heavy atom. The van der Waals surface area contributed by atoms with Crippen LogP contribution in [0.15, 0.2) is 0 Å². The predicted molar refractivity (Wildman–Crippen MR) is 74.3 cm³/mol. The van der Waals surface area contributed by atoms with Crippen molar-refractivity contribution in [2.45, 2.75) is 64.9 Å². The SMILES string of the molecule is CC(O)CCN(C)C(=O)C(C)CC1CCCCC1. The number of nitrogens with zero attached hydrogens (tertiary/aromatic N) is 1. The first-order valence-corrected chi connectivity index (χ1v) is 7.43. The Morgan fingerprint density at radius 3 is 2.44 bits per heavy atom. The lowest BCUT2D eigenvalue weighted by molar-refractivity contribution is -0.134. The van der Waals surface area contributed by atoms with E-state index in [4.69, 9.17) is 0 Å². The summed E-state index contributed by atoms with van der Waals surface area (Å²) in [5.41, 5.74) is 0. The summed E-state index contributed by atoms with van der Waals surface area (Å²) in [6, 6.07) is 0. The van der Waals surface area contributed by atoms with Crippen LogP contribution in [0.5, 0.6) is 0 Å². The number of aliphatic hydroxyl groups is 1. The van der Waals surface area contributed by atoms with Crippen molar-refractivity contribution in [3.63, 3.8) is 0 Å². The Labute approximate surface area is 112 Å². The minimum absolute atomic E-state index is 0.132. The van der Waals surface area contributed by atoms with Crippen LogP contribution in [-0.4, -0.2) is 35.6 Å². The van der Waals surface area contributed by atoms with Gasteiger partial charge in [0.1, 0.15) is 0 Å². The van der Waals surface area contributed by atoms with Crippen molar-refractivity contribution in [2.75, 3.05) is 13.6 Å². The number of carbonyl (C=O) groups excluding carboxylic acids is 1. The van der Waals surface area contributed by atoms with Gasteiger partial charge in [-0.3, -0.25) is 4.79 Å². The van der Waals surface area contributed by atoms with Crippen LogP contribution < -0.4 is 0 Å². The van der Waals surface area contributed by atoms with E-state index < -0.39 is 0 Å². The first-order valence-electron chi connectivity index (χ1n) is 7.43. The molecule has 0 bridgehead atoms. The highest BCUT2D eigenvalue weighted by molar-refractivity contribution is 5.78. The number of carbonyl (C=O) groups is 1. The van der Waals surface area contributed by atoms with Gasteiger partial charge in [-0.05, 0) is 25.7 Å². The van der Waals surface area contributed by atoms with Gasteiger partial charge in [-0.25, -0.2) is 0 Å². The Balaban J connectivity index is 2.30. The van der Waals surface area contributed by atoms with E-state index in [9.17, 15) is 9.90 Å². The van der Waals surface area contributed by atoms with Gasteiger partial charge in [0.25, 0.3) is 0 Å². The lowest BCUT2D eigenvalue weighted by Gasteiger charge is -2.27. The molecule has 1 N–H and O–H groups in total. The van der Waals surface area contributed by atoms with Crippen LogP contribution in [0.1, 0.15) is 58.8 Å². The second-order valence-corrected chi connectivity index (χ2v) is 6.04. The molecule has 18 heavy (non-hydrogen) atoms. The molecule has 2 atom stereocenters. The van der Waals surface area contributed by atoms with Gasteiger partial charge in [-0.1, -0.05) is 39.0 Å². The molecule has 1 aliphatic rings. The standard InChI is InChI=1S/C15H29NO2/c1-12(11-14-7-5-4-6-8-14)15(18)16(3)10-9-13(2)17/h12-14,17H,4-11H2,1-3H3. The molecule has 1 amide bonds. The van der Waals surface area contributed by atoms with E-state index in [1.165, 1.54) is 32.1 Å². The average Bonchev–Trinajstić information content (AvgIpc) is 2.36. The fourth-order valence-electron chi connectivity index (χ4n) is 2.89. The molecule has 0 aromatic rings. The minimum atomic E-state index is -0.325. The zero-order valence-corrected chi connectivity index (χ0v) is 12.2. The quantitative estimate of drug-likeness (QED) is 0.793. The fraction of sp³-hybridized carbons (Fsp3) is 0.933. The monoisotopic (exact) mass is 255 g/mol. The van der Waals surface area contributed by atoms with Crippen molar-refractivity contribution in [1.82, 2.24) is 4.90 Å². The van der Waals surface area contributed by atoms with Crippen molar-refractivity contribution < 1.29 is 9.90 Å². The van der Waals surface area contributed by atoms with Gasteiger partial charge in [0.2, 0.25) is 5.91 Å². The lowest BCUT2D eigenvalue weighted by Crippen LogP contribution is -2.34. The number of hydrogen-bond acceptors (Lipinski definition) is 2. The highest BCUT2D eigenvalue weighted by atomic mass is 16.3. The molecule has 3 nitrogen and oxygen atoms in total. The molecule has 0 saturated heterocycles. The summed E-state index contributed by atoms with van der Waals surface area (Å²) in [7, 11) is 1.85. The summed E-state index contributed by atoms with van der Waals surface area (Å²) in [6.07, 6.45) is 8.02. The van der Waals surface area contributed by atoms with E-state index in [1.54, 1.807) is 11.8 Å². The average molecular weight is 255 g/mol. The molecule has 106 valence electrons. The van der Waals surface area contributed by atoms with Crippen LogP contribution in [0.3, 0.4) is 0 Å². The molecule has 1 aliphatic carbocycles. The van der Waals surface area contributed by atoms with Gasteiger partial charge in [0.05, 0.1) is 6.10 Å². The molecule has 1 saturated carbocycles. The van der Waals surface area contributed by atoms with Gasteiger partial charge in [-0.2, -0.15) is 0 Å². The zero-order valence-electron chi connectivity index (χ0n) is 12.2. The Bertz CT molecular complexity index is 247. The highest BCUT2D eigenvalue weighted by Crippen LogP contribution is 2.29. The molecule has 0 aliphatic heterocycles. The second kappa shape index (κ2) is 7.78. The normalized spacial score (nSPS) is 20.4. The van der Waals surface area contributed by atoms with E-state index in [-0.39, 0.29) is 17.9 Å². The van der Waals surface area contributed by atoms with Crippen LogP contribution in [0.2, 0.25) is 0 Å². The summed E-state index contributed by atoms with van der Waals surface area (Å²) in [5, 5.41) is 9.24. The number of rotatable bonds is 6. The maximum atomic E-state index is 12.2. The summed E-state index contributed by atoms with van der Waals surface area (Å²) >= 11 is 0. The van der Waals surface area contributed by atoms with E-state index in [0.29, 0.717) is 13.0 Å². The molecule has 0 aromatic heterocycles. The van der Waals surface area contributed by atoms with E-state index in [0.717, 1.165) is 12.3 Å². The molecule has 0 heterocycles. The molecular weight excluding hydrogens is 226 g/mol. The van der Waals surface area contributed by atoms with Gasteiger partial charge in [0, 0.05) is 19.5 Å². The minimum Gasteiger partial charge on any atom is -0.393 e. The summed E-state index contributed by atoms with van der Waals surface area (Å²) in [4.78, 5) is 14.0. The zero-order chi connectivity index (χ0) is 13.5. The molecule has 0 spiro atoms. The number of amides is 1. The van der Waals surface area contributed by atoms with Crippen LogP contribution in [0.25, 0.3) is 0 Å². The van der Waals surface area contributed by atoms with Gasteiger partial charge in [-0.15, -0.1) is 0 Å². The smallest absolute Gasteiger partial charge is 0.225 e. The summed E-state index contributed by atoms with van der Waals surface area (Å²) in [5.74, 6) is 1.12. The summed E-state index contributed by atoms with van der Waals surface area (Å²) in [6.45, 7) is 4.48. The van der Waals surface area contributed by atoms with E-state index in [2.05, 4.69) is 6.92 Å². The maximum Gasteiger partial charge on any atom is 0.225 e. The van der Waals surface area contributed by atoms with Crippen molar-refractivity contribution >= 4 is 5.91 Å². The van der Waals surface area contributed by atoms with Crippen molar-refractivity contribution in [2.24, 2.45) is 11.8 Å². The van der Waals surface area contributed by atoms with Crippen molar-refractivity contribution in [3.8, 4) is 0 Å². The van der Waals surface area contributed by atoms with Crippen LogP contribution in [0, 0.1) is 11.8 Å². The van der Waals surface area contributed by atoms with Gasteiger partial charge >= 0.3 is 0 Å². The Hall–Kier alpha value is -0.570. The number of hydrogen-bond donors (Lipinski definition) is 1. The third-order valence-corrected chi connectivity index (χ3v) is 4.09. The molecule has 0 aromatic carbocycles. The van der Waals surface area contributed by atoms with Gasteiger partial charge in [0.15, 0.2) is 0 Å². The van der Waals surface area contributed by atoms with Crippen molar-refractivity contribution in [3.05, 3.63) is 0 Å². The maximum absolute atomic E-state index is 12.2. The Morgan fingerprint density at radius 2 is 1.89 bits per heavy atom. The molecule has 3 heteroatoms. The third-order valence-electron chi connectivity index (χ3n) is 4.09. The van der Waals surface area contributed by atoms with Crippen LogP contribution in [0.4, 0.5) is 0 Å². The molecular formula is C15H29NO2. The first-order chi connectivity index (χ1) is 8.50. The predicted octanol–water partition coefficient (Wildman–Crippen LogP) is 2.82. The fourth-order valence-corrected chi connectivity index (χ4v) is 2.89. The largest absolute Gasteiger partial charge is 0.393 e. The second-order valence-electron chi connectivity index (χ2n) is 6.04. The molecule has 0 radical (unpaired) electrons. The molecule has 2 unspecified atom stereocenters. The van der Waals surface area contributed by atoms with Crippen molar-refractivity contribution in [1.29, 1.82) is 0 Å². The molecule has 1 rings (SSSR count). The summed E-state index contributed by atoms with van der Waals surface area (Å²) < 4.78 is 0. The van der Waals surface area contributed by atoms with E-state index >= 15 is 0 Å². The molecule has 1 fully saturated rings. The number of aliphatic hydroxyl groups excluding tert-OH is 1. The topological polar surface area (TPSA) is 40.5 Å².